The second kappa shape index (κ2) is 11.5. The number of sulfone groups is 1. The average molecular weight is 761 g/mol. The van der Waals surface area contributed by atoms with E-state index in [1.165, 1.54) is 0 Å². The van der Waals surface area contributed by atoms with E-state index in [4.69, 9.17) is 0 Å². The number of benzene rings is 4. The summed E-state index contributed by atoms with van der Waals surface area (Å²) < 4.78 is 36.2. The van der Waals surface area contributed by atoms with Crippen LogP contribution < -0.4 is 0 Å². The first-order valence-corrected chi connectivity index (χ1v) is 19.8. The van der Waals surface area contributed by atoms with E-state index in [0.717, 1.165) is 70.9 Å². The lowest BCUT2D eigenvalue weighted by atomic mass is 10.0. The van der Waals surface area contributed by atoms with Gasteiger partial charge in [0.05, 0.1) is 18.2 Å². The van der Waals surface area contributed by atoms with Gasteiger partial charge in [-0.2, -0.15) is 0 Å². The molecule has 0 amide bonds. The van der Waals surface area contributed by atoms with Crippen molar-refractivity contribution in [2.45, 2.75) is 32.1 Å². The van der Waals surface area contributed by atoms with Crippen LogP contribution in [0.15, 0.2) is 100.0 Å². The molecule has 9 heteroatoms. The highest BCUT2D eigenvalue weighted by molar-refractivity contribution is 9.10. The maximum atomic E-state index is 15.0. The molecule has 0 saturated heterocycles. The molecule has 4 aromatic carbocycles. The molecule has 0 spiro atoms. The Kier molecular flexibility index (Phi) is 8.26. The molecule has 0 fully saturated rings. The molecule has 0 unspecified atom stereocenters. The Morgan fingerprint density at radius 2 is 0.976 bits per heavy atom. The Bertz CT molecular complexity index is 1910. The van der Waals surface area contributed by atoms with Crippen LogP contribution in [-0.2, 0) is 9.84 Å². The number of rotatable bonds is 6. The lowest BCUT2D eigenvalue weighted by molar-refractivity contribution is 0.597. The summed E-state index contributed by atoms with van der Waals surface area (Å²) in [6, 6.07) is 24.2. The second-order valence-corrected chi connectivity index (χ2v) is 17.7. The number of aryl methyl sites for hydroxylation is 2. The van der Waals surface area contributed by atoms with Crippen molar-refractivity contribution in [1.29, 1.82) is 0 Å². The van der Waals surface area contributed by atoms with Crippen LogP contribution in [0, 0.1) is 13.8 Å². The van der Waals surface area contributed by atoms with Gasteiger partial charge in [-0.05, 0) is 97.1 Å². The summed E-state index contributed by atoms with van der Waals surface area (Å²) in [4.78, 5) is 0.736. The zero-order valence-corrected chi connectivity index (χ0v) is 29.8. The number of hydrogen-bond donors (Lipinski definition) is 0. The molecule has 6 rings (SSSR count). The van der Waals surface area contributed by atoms with E-state index < -0.39 is 9.84 Å². The van der Waals surface area contributed by atoms with Gasteiger partial charge in [-0.15, -0.1) is 46.2 Å². The monoisotopic (exact) mass is 758 g/mol. The molecular formula is C32H24Br2O2S5. The third-order valence-electron chi connectivity index (χ3n) is 6.95. The minimum absolute atomic E-state index is 0.368. The topological polar surface area (TPSA) is 34.1 Å². The highest BCUT2D eigenvalue weighted by atomic mass is 79.9. The minimum Gasteiger partial charge on any atom is -0.218 e. The number of thioether (sulfide) groups is 2. The highest BCUT2D eigenvalue weighted by Gasteiger charge is 2.30. The molecule has 0 aliphatic heterocycles. The molecule has 0 aliphatic carbocycles. The van der Waals surface area contributed by atoms with Crippen molar-refractivity contribution >= 4 is 108 Å². The van der Waals surface area contributed by atoms with E-state index in [-0.39, 0.29) is 0 Å². The van der Waals surface area contributed by atoms with Gasteiger partial charge in [-0.25, -0.2) is 8.42 Å². The number of halogens is 2. The van der Waals surface area contributed by atoms with Gasteiger partial charge in [-0.3, -0.25) is 0 Å². The molecule has 6 aromatic rings. The average Bonchev–Trinajstić information content (AvgIpc) is 3.50. The summed E-state index contributed by atoms with van der Waals surface area (Å²) >= 11 is 13.7. The van der Waals surface area contributed by atoms with Crippen LogP contribution in [0.3, 0.4) is 0 Å². The third kappa shape index (κ3) is 5.26. The van der Waals surface area contributed by atoms with Crippen molar-refractivity contribution in [3.8, 4) is 22.3 Å². The smallest absolute Gasteiger partial charge is 0.207 e. The maximum absolute atomic E-state index is 15.0. The maximum Gasteiger partial charge on any atom is 0.207 e. The summed E-state index contributed by atoms with van der Waals surface area (Å²) in [6.07, 6.45) is 4.11. The highest BCUT2D eigenvalue weighted by Crippen LogP contribution is 2.50. The molecule has 0 aliphatic rings. The van der Waals surface area contributed by atoms with E-state index in [9.17, 15) is 0 Å². The van der Waals surface area contributed by atoms with Crippen LogP contribution >= 0.6 is 78.1 Å². The van der Waals surface area contributed by atoms with Crippen molar-refractivity contribution in [2.24, 2.45) is 0 Å². The predicted molar refractivity (Wildman–Crippen MR) is 188 cm³/mol. The first-order valence-electron chi connectivity index (χ1n) is 12.6. The molecule has 0 bridgehead atoms. The van der Waals surface area contributed by atoms with Crippen LogP contribution in [0.5, 0.6) is 0 Å². The SMILES string of the molecule is CSc1sc2cc(C)cc(S(=O)(=O)c3cc(C)cc4sc(SC)c(-c5ccc(Br)cc5)c34)c2c1-c1ccc(Br)cc1. The molecular weight excluding hydrogens is 736 g/mol. The molecule has 0 saturated carbocycles. The van der Waals surface area contributed by atoms with Gasteiger partial charge in [0.2, 0.25) is 9.84 Å². The number of thiophene rings is 2. The largest absolute Gasteiger partial charge is 0.218 e. The van der Waals surface area contributed by atoms with Crippen molar-refractivity contribution in [3.05, 3.63) is 92.9 Å². The fraction of sp³-hybridized carbons (Fsp3) is 0.125. The quantitative estimate of drug-likeness (QED) is 0.158. The van der Waals surface area contributed by atoms with Crippen LogP contribution in [0.4, 0.5) is 0 Å². The zero-order valence-electron chi connectivity index (χ0n) is 22.5. The van der Waals surface area contributed by atoms with Gasteiger partial charge < -0.3 is 0 Å². The standard InChI is InChI=1S/C32H24Br2O2S5/c1-17-13-23-29(27(31(37-3)39-23)19-5-9-21(33)10-6-19)25(15-17)41(35,36)26-16-18(2)14-24-30(26)28(32(38-4)40-24)20-7-11-22(34)12-8-20/h5-16H,1-4H3. The second-order valence-electron chi connectivity index (χ2n) is 9.73. The lowest BCUT2D eigenvalue weighted by Crippen LogP contribution is -2.05. The Hall–Kier alpha value is -1.59. The van der Waals surface area contributed by atoms with Gasteiger partial charge in [-0.1, -0.05) is 56.1 Å². The summed E-state index contributed by atoms with van der Waals surface area (Å²) in [5.41, 5.74) is 5.84. The van der Waals surface area contributed by atoms with Crippen molar-refractivity contribution in [2.75, 3.05) is 12.5 Å². The van der Waals surface area contributed by atoms with Gasteiger partial charge in [0.25, 0.3) is 0 Å². The van der Waals surface area contributed by atoms with Crippen molar-refractivity contribution in [3.63, 3.8) is 0 Å². The summed E-state index contributed by atoms with van der Waals surface area (Å²) in [5.74, 6) is 0. The summed E-state index contributed by atoms with van der Waals surface area (Å²) in [7, 11) is -3.93. The summed E-state index contributed by atoms with van der Waals surface area (Å²) in [6.45, 7) is 3.96. The van der Waals surface area contributed by atoms with Crippen molar-refractivity contribution in [1.82, 2.24) is 0 Å². The molecule has 2 nitrogen and oxygen atoms in total. The summed E-state index contributed by atoms with van der Waals surface area (Å²) in [5, 5.41) is 1.60. The predicted octanol–water partition coefficient (Wildman–Crippen LogP) is 11.9. The molecule has 0 N–H and O–H groups in total. The van der Waals surface area contributed by atoms with Crippen LogP contribution in [0.25, 0.3) is 42.4 Å². The lowest BCUT2D eigenvalue weighted by Gasteiger charge is -2.14. The van der Waals surface area contributed by atoms with E-state index >= 15 is 8.42 Å². The van der Waals surface area contributed by atoms with Gasteiger partial charge in [0.1, 0.15) is 0 Å². The third-order valence-corrected chi connectivity index (χ3v) is 14.3. The van der Waals surface area contributed by atoms with E-state index in [2.05, 4.69) is 80.8 Å². The fourth-order valence-corrected chi connectivity index (χ4v) is 11.9. The first-order chi connectivity index (χ1) is 19.6. The van der Waals surface area contributed by atoms with Crippen LogP contribution in [-0.4, -0.2) is 20.9 Å². The molecule has 0 radical (unpaired) electrons. The zero-order chi connectivity index (χ0) is 29.1. The molecule has 41 heavy (non-hydrogen) atoms. The Labute approximate surface area is 273 Å². The molecule has 2 heterocycles. The van der Waals surface area contributed by atoms with Gasteiger partial charge in [0.15, 0.2) is 0 Å². The molecule has 0 atom stereocenters. The van der Waals surface area contributed by atoms with E-state index in [1.54, 1.807) is 46.2 Å². The van der Waals surface area contributed by atoms with Crippen molar-refractivity contribution < 1.29 is 8.42 Å². The Morgan fingerprint density at radius 3 is 1.32 bits per heavy atom. The number of fused-ring (bicyclic) bond motifs is 2. The molecule has 2 aromatic heterocycles. The number of hydrogen-bond acceptors (Lipinski definition) is 6. The van der Waals surface area contributed by atoms with Crippen LogP contribution in [0.1, 0.15) is 11.1 Å². The fourth-order valence-electron chi connectivity index (χ4n) is 5.19. The van der Waals surface area contributed by atoms with Gasteiger partial charge in [0, 0.05) is 40.2 Å². The first kappa shape index (κ1) is 29.5. The Balaban J connectivity index is 1.72. The minimum atomic E-state index is -3.93. The Morgan fingerprint density at radius 1 is 0.610 bits per heavy atom. The normalized spacial score (nSPS) is 12.0. The molecule has 208 valence electrons. The van der Waals surface area contributed by atoms with E-state index in [1.807, 2.05) is 50.2 Å². The van der Waals surface area contributed by atoms with Gasteiger partial charge >= 0.3 is 0 Å². The van der Waals surface area contributed by atoms with E-state index in [0.29, 0.717) is 9.79 Å². The van der Waals surface area contributed by atoms with Crippen LogP contribution in [0.2, 0.25) is 0 Å².